The van der Waals surface area contributed by atoms with Gasteiger partial charge in [-0.3, -0.25) is 4.79 Å². The molecule has 0 aromatic heterocycles. The van der Waals surface area contributed by atoms with Gasteiger partial charge in [-0.2, -0.15) is 0 Å². The largest absolute Gasteiger partial charge is 0.349 e. The number of nitrogens with one attached hydrogen (secondary N) is 3. The number of carbonyl (C=O) groups excluding carboxylic acids is 1. The molecule has 0 saturated heterocycles. The summed E-state index contributed by atoms with van der Waals surface area (Å²) in [6.45, 7) is 0.856. The van der Waals surface area contributed by atoms with E-state index in [-0.39, 0.29) is 33.3 Å². The molecule has 1 amide bonds. The number of hydrogen-bond acceptors (Lipinski definition) is 4. The summed E-state index contributed by atoms with van der Waals surface area (Å²) in [5.41, 5.74) is 4.24. The Morgan fingerprint density at radius 2 is 1.71 bits per heavy atom. The number of aryl methyl sites for hydroxylation is 1. The topological polar surface area (TPSA) is 87.3 Å². The number of hydrogen-bond donors (Lipinski definition) is 3. The third-order valence-corrected chi connectivity index (χ3v) is 10.4. The lowest BCUT2D eigenvalue weighted by atomic mass is 9.86. The van der Waals surface area contributed by atoms with Crippen LogP contribution in [0.15, 0.2) is 65.6 Å². The third-order valence-electron chi connectivity index (χ3n) is 7.95. The summed E-state index contributed by atoms with van der Waals surface area (Å²) in [5, 5.41) is 7.67. The van der Waals surface area contributed by atoms with Gasteiger partial charge in [-0.1, -0.05) is 78.0 Å². The minimum atomic E-state index is -4.03. The molecule has 2 unspecified atom stereocenters. The highest BCUT2D eigenvalue weighted by Gasteiger charge is 2.27. The SMILES string of the molecule is O=C(CC(NS(=O)(=O)c1ccc(Cl)c(Cl)c1)c1cccc(Cl)c1)NC1CCCc2cc(CNC3CCCC3)ccc21. The van der Waals surface area contributed by atoms with Gasteiger partial charge in [-0.25, -0.2) is 13.1 Å². The van der Waals surface area contributed by atoms with E-state index in [1.807, 2.05) is 0 Å². The number of halogens is 3. The lowest BCUT2D eigenvalue weighted by molar-refractivity contribution is -0.122. The first kappa shape index (κ1) is 30.3. The van der Waals surface area contributed by atoms with Crippen LogP contribution in [0.2, 0.25) is 15.1 Å². The lowest BCUT2D eigenvalue weighted by Gasteiger charge is -2.28. The highest BCUT2D eigenvalue weighted by molar-refractivity contribution is 7.89. The molecule has 218 valence electrons. The third kappa shape index (κ3) is 7.83. The van der Waals surface area contributed by atoms with Gasteiger partial charge >= 0.3 is 0 Å². The number of carbonyl (C=O) groups is 1. The predicted octanol–water partition coefficient (Wildman–Crippen LogP) is 7.28. The van der Waals surface area contributed by atoms with Crippen molar-refractivity contribution in [1.82, 2.24) is 15.4 Å². The van der Waals surface area contributed by atoms with Crippen molar-refractivity contribution in [1.29, 1.82) is 0 Å². The smallest absolute Gasteiger partial charge is 0.241 e. The van der Waals surface area contributed by atoms with E-state index in [0.717, 1.165) is 31.4 Å². The zero-order valence-corrected chi connectivity index (χ0v) is 25.7. The fourth-order valence-electron chi connectivity index (χ4n) is 5.81. The Labute approximate surface area is 257 Å². The van der Waals surface area contributed by atoms with Gasteiger partial charge in [-0.05, 0) is 84.7 Å². The van der Waals surface area contributed by atoms with Gasteiger partial charge in [0.25, 0.3) is 0 Å². The van der Waals surface area contributed by atoms with Crippen LogP contribution >= 0.6 is 34.8 Å². The van der Waals surface area contributed by atoms with Gasteiger partial charge in [0.05, 0.1) is 27.0 Å². The molecule has 0 radical (unpaired) electrons. The van der Waals surface area contributed by atoms with E-state index in [0.29, 0.717) is 16.6 Å². The summed E-state index contributed by atoms with van der Waals surface area (Å²) in [6.07, 6.45) is 7.78. The molecular formula is C31H34Cl3N3O3S. The Balaban J connectivity index is 1.30. The lowest BCUT2D eigenvalue weighted by Crippen LogP contribution is -2.36. The second kappa shape index (κ2) is 13.4. The van der Waals surface area contributed by atoms with Crippen LogP contribution in [0.25, 0.3) is 0 Å². The highest BCUT2D eigenvalue weighted by Crippen LogP contribution is 2.32. The summed E-state index contributed by atoms with van der Waals surface area (Å²) >= 11 is 18.3. The first-order valence-corrected chi connectivity index (χ1v) is 16.7. The minimum absolute atomic E-state index is 0.0428. The first-order chi connectivity index (χ1) is 19.7. The van der Waals surface area contributed by atoms with Gasteiger partial charge < -0.3 is 10.6 Å². The number of amides is 1. The quantitative estimate of drug-likeness (QED) is 0.219. The van der Waals surface area contributed by atoms with Gasteiger partial charge in [0.1, 0.15) is 0 Å². The van der Waals surface area contributed by atoms with Crippen molar-refractivity contribution in [3.63, 3.8) is 0 Å². The maximum Gasteiger partial charge on any atom is 0.241 e. The standard InChI is InChI=1S/C31H34Cl3N3O3S/c32-23-7-3-6-22(16-23)30(37-41(39,40)25-12-14-27(33)28(34)17-25)18-31(38)36-29-10-4-5-21-15-20(11-13-26(21)29)19-35-24-8-1-2-9-24/h3,6-7,11-17,24,29-30,35,37H,1-2,4-5,8-10,18-19H2,(H,36,38). The highest BCUT2D eigenvalue weighted by atomic mass is 35.5. The predicted molar refractivity (Wildman–Crippen MR) is 165 cm³/mol. The molecule has 0 heterocycles. The Morgan fingerprint density at radius 1 is 0.902 bits per heavy atom. The van der Waals surface area contributed by atoms with Crippen molar-refractivity contribution < 1.29 is 13.2 Å². The average molecular weight is 635 g/mol. The summed E-state index contributed by atoms with van der Waals surface area (Å²) < 4.78 is 29.2. The van der Waals surface area contributed by atoms with E-state index in [4.69, 9.17) is 34.8 Å². The van der Waals surface area contributed by atoms with Crippen LogP contribution in [-0.4, -0.2) is 20.4 Å². The van der Waals surface area contributed by atoms with Gasteiger partial charge in [-0.15, -0.1) is 0 Å². The Kier molecular flexibility index (Phi) is 9.95. The van der Waals surface area contributed by atoms with Gasteiger partial charge in [0, 0.05) is 24.0 Å². The molecule has 0 aliphatic heterocycles. The molecule has 0 spiro atoms. The van der Waals surface area contributed by atoms with E-state index in [1.54, 1.807) is 24.3 Å². The van der Waals surface area contributed by atoms with Crippen LogP contribution in [0.1, 0.15) is 79.3 Å². The molecule has 6 nitrogen and oxygen atoms in total. The van der Waals surface area contributed by atoms with Crippen molar-refractivity contribution >= 4 is 50.7 Å². The normalized spacial score (nSPS) is 18.2. The Hall–Kier alpha value is -2.13. The molecule has 5 rings (SSSR count). The van der Waals surface area contributed by atoms with Gasteiger partial charge in [0.15, 0.2) is 0 Å². The van der Waals surface area contributed by atoms with E-state index in [2.05, 4.69) is 33.6 Å². The van der Waals surface area contributed by atoms with Gasteiger partial charge in [0.2, 0.25) is 15.9 Å². The summed E-state index contributed by atoms with van der Waals surface area (Å²) in [5.74, 6) is -0.253. The fraction of sp³-hybridized carbons (Fsp3) is 0.387. The van der Waals surface area contributed by atoms with Crippen molar-refractivity contribution in [3.05, 3.63) is 98.0 Å². The second-order valence-corrected chi connectivity index (χ2v) is 13.9. The Bertz CT molecular complexity index is 1510. The van der Waals surface area contributed by atoms with E-state index in [1.165, 1.54) is 55.0 Å². The first-order valence-electron chi connectivity index (χ1n) is 14.1. The maximum atomic E-state index is 13.4. The molecule has 3 N–H and O–H groups in total. The second-order valence-electron chi connectivity index (χ2n) is 10.9. The van der Waals surface area contributed by atoms with Crippen LogP contribution in [0.4, 0.5) is 0 Å². The molecule has 1 saturated carbocycles. The molecule has 2 atom stereocenters. The molecule has 41 heavy (non-hydrogen) atoms. The maximum absolute atomic E-state index is 13.4. The fourth-order valence-corrected chi connectivity index (χ4v) is 7.62. The van der Waals surface area contributed by atoms with Crippen LogP contribution in [0.3, 0.4) is 0 Å². The monoisotopic (exact) mass is 633 g/mol. The van der Waals surface area contributed by atoms with Crippen LogP contribution in [-0.2, 0) is 27.8 Å². The summed E-state index contributed by atoms with van der Waals surface area (Å²) in [7, 11) is -4.03. The van der Waals surface area contributed by atoms with Crippen molar-refractivity contribution in [2.75, 3.05) is 0 Å². The molecule has 10 heteroatoms. The van der Waals surface area contributed by atoms with E-state index >= 15 is 0 Å². The summed E-state index contributed by atoms with van der Waals surface area (Å²) in [6, 6.07) is 17.1. The van der Waals surface area contributed by atoms with Crippen LogP contribution < -0.4 is 15.4 Å². The molecule has 1 fully saturated rings. The van der Waals surface area contributed by atoms with Crippen molar-refractivity contribution in [3.8, 4) is 0 Å². The van der Waals surface area contributed by atoms with Crippen LogP contribution in [0, 0.1) is 0 Å². The molecular weight excluding hydrogens is 601 g/mol. The number of benzene rings is 3. The molecule has 3 aromatic rings. The zero-order valence-electron chi connectivity index (χ0n) is 22.6. The van der Waals surface area contributed by atoms with Crippen molar-refractivity contribution in [2.45, 2.75) is 80.9 Å². The average Bonchev–Trinajstić information content (AvgIpc) is 3.47. The van der Waals surface area contributed by atoms with Crippen molar-refractivity contribution in [2.24, 2.45) is 0 Å². The van der Waals surface area contributed by atoms with E-state index in [9.17, 15) is 13.2 Å². The van der Waals surface area contributed by atoms with Crippen LogP contribution in [0.5, 0.6) is 0 Å². The summed E-state index contributed by atoms with van der Waals surface area (Å²) in [4.78, 5) is 13.4. The molecule has 3 aromatic carbocycles. The zero-order chi connectivity index (χ0) is 29.0. The number of fused-ring (bicyclic) bond motifs is 1. The molecule has 2 aliphatic carbocycles. The Morgan fingerprint density at radius 3 is 2.46 bits per heavy atom. The number of sulfonamides is 1. The van der Waals surface area contributed by atoms with E-state index < -0.39 is 16.1 Å². The number of rotatable bonds is 10. The minimum Gasteiger partial charge on any atom is -0.349 e. The molecule has 0 bridgehead atoms. The molecule has 2 aliphatic rings.